The number of benzene rings is 1. The smallest absolute Gasteiger partial charge is 0.287 e. The molecule has 0 aliphatic rings. The van der Waals surface area contributed by atoms with Gasteiger partial charge in [-0.25, -0.2) is 0 Å². The molecule has 7 nitrogen and oxygen atoms in total. The van der Waals surface area contributed by atoms with Gasteiger partial charge >= 0.3 is 0 Å². The minimum atomic E-state index is -0.486. The molecule has 0 aliphatic heterocycles. The van der Waals surface area contributed by atoms with Crippen molar-refractivity contribution in [3.63, 3.8) is 0 Å². The van der Waals surface area contributed by atoms with Crippen LogP contribution in [0.15, 0.2) is 47.1 Å². The molecular formula is C19H23N3O4. The quantitative estimate of drug-likeness (QED) is 0.669. The molecule has 0 radical (unpaired) electrons. The van der Waals surface area contributed by atoms with Crippen molar-refractivity contribution in [1.29, 1.82) is 0 Å². The van der Waals surface area contributed by atoms with Crippen LogP contribution < -0.4 is 16.0 Å². The summed E-state index contributed by atoms with van der Waals surface area (Å²) in [5.74, 6) is -1.11. The largest absolute Gasteiger partial charge is 0.459 e. The van der Waals surface area contributed by atoms with Gasteiger partial charge in [-0.1, -0.05) is 36.8 Å². The highest BCUT2D eigenvalue weighted by Crippen LogP contribution is 2.16. The van der Waals surface area contributed by atoms with Gasteiger partial charge in [0.1, 0.15) is 0 Å². The van der Waals surface area contributed by atoms with Crippen molar-refractivity contribution in [3.8, 4) is 0 Å². The molecule has 3 amide bonds. The fourth-order valence-corrected chi connectivity index (χ4v) is 2.36. The molecule has 0 unspecified atom stereocenters. The number of amides is 3. The van der Waals surface area contributed by atoms with E-state index in [9.17, 15) is 14.4 Å². The van der Waals surface area contributed by atoms with Gasteiger partial charge in [0, 0.05) is 0 Å². The summed E-state index contributed by atoms with van der Waals surface area (Å²) in [6, 6.07) is 10.9. The molecule has 26 heavy (non-hydrogen) atoms. The Hall–Kier alpha value is -3.09. The Labute approximate surface area is 152 Å². The van der Waals surface area contributed by atoms with Gasteiger partial charge in [-0.2, -0.15) is 0 Å². The maximum Gasteiger partial charge on any atom is 0.287 e. The van der Waals surface area contributed by atoms with Gasteiger partial charge in [0.2, 0.25) is 11.8 Å². The summed E-state index contributed by atoms with van der Waals surface area (Å²) in [6.07, 6.45) is 2.11. The second-order valence-corrected chi connectivity index (χ2v) is 5.88. The molecule has 1 aromatic carbocycles. The van der Waals surface area contributed by atoms with Gasteiger partial charge in [-0.15, -0.1) is 0 Å². The van der Waals surface area contributed by atoms with Crippen molar-refractivity contribution in [1.82, 2.24) is 16.0 Å². The first-order valence-electron chi connectivity index (χ1n) is 8.44. The number of rotatable bonds is 8. The molecule has 1 heterocycles. The minimum absolute atomic E-state index is 0.112. The Morgan fingerprint density at radius 1 is 1.00 bits per heavy atom. The molecule has 0 spiro atoms. The number of furan rings is 1. The lowest BCUT2D eigenvalue weighted by Crippen LogP contribution is -2.42. The molecule has 3 N–H and O–H groups in total. The summed E-state index contributed by atoms with van der Waals surface area (Å²) in [5, 5.41) is 7.78. The van der Waals surface area contributed by atoms with Crippen LogP contribution in [-0.2, 0) is 9.59 Å². The number of hydrogen-bond acceptors (Lipinski definition) is 4. The molecule has 0 saturated heterocycles. The molecule has 0 aliphatic carbocycles. The summed E-state index contributed by atoms with van der Waals surface area (Å²) in [5.41, 5.74) is 2.17. The van der Waals surface area contributed by atoms with Crippen LogP contribution in [0.4, 0.5) is 0 Å². The summed E-state index contributed by atoms with van der Waals surface area (Å²) in [6.45, 7) is 3.59. The minimum Gasteiger partial charge on any atom is -0.459 e. The van der Waals surface area contributed by atoms with Gasteiger partial charge in [-0.05, 0) is 31.0 Å². The second kappa shape index (κ2) is 9.41. The van der Waals surface area contributed by atoms with Crippen LogP contribution in [0.2, 0.25) is 0 Å². The Kier molecular flexibility index (Phi) is 6.96. The Bertz CT molecular complexity index is 739. The van der Waals surface area contributed by atoms with Gasteiger partial charge in [0.15, 0.2) is 5.76 Å². The van der Waals surface area contributed by atoms with E-state index in [2.05, 4.69) is 16.0 Å². The standard InChI is InChI=1S/C19H23N3O4/c1-3-15(14-8-6-13(2)7-9-14)22-18(24)12-20-17(23)11-21-19(25)16-5-4-10-26-16/h4-10,15H,3,11-12H2,1-2H3,(H,20,23)(H,21,25)(H,22,24)/t15-/m0/s1. The van der Waals surface area contributed by atoms with E-state index in [1.54, 1.807) is 6.07 Å². The summed E-state index contributed by atoms with van der Waals surface area (Å²) in [7, 11) is 0. The molecule has 1 atom stereocenters. The SMILES string of the molecule is CC[C@H](NC(=O)CNC(=O)CNC(=O)c1ccco1)c1ccc(C)cc1. The first kappa shape index (κ1) is 19.2. The van der Waals surface area contributed by atoms with E-state index >= 15 is 0 Å². The normalized spacial score (nSPS) is 11.5. The van der Waals surface area contributed by atoms with Crippen LogP contribution in [-0.4, -0.2) is 30.8 Å². The van der Waals surface area contributed by atoms with Crippen LogP contribution in [0.1, 0.15) is 41.1 Å². The monoisotopic (exact) mass is 357 g/mol. The summed E-state index contributed by atoms with van der Waals surface area (Å²) >= 11 is 0. The maximum atomic E-state index is 12.1. The van der Waals surface area contributed by atoms with E-state index in [0.29, 0.717) is 0 Å². The fourth-order valence-electron chi connectivity index (χ4n) is 2.36. The van der Waals surface area contributed by atoms with Crippen LogP contribution in [0, 0.1) is 6.92 Å². The highest BCUT2D eigenvalue weighted by Gasteiger charge is 2.14. The average molecular weight is 357 g/mol. The van der Waals surface area contributed by atoms with Crippen molar-refractivity contribution >= 4 is 17.7 Å². The lowest BCUT2D eigenvalue weighted by Gasteiger charge is -2.18. The van der Waals surface area contributed by atoms with Crippen LogP contribution in [0.25, 0.3) is 0 Å². The molecule has 2 rings (SSSR count). The lowest BCUT2D eigenvalue weighted by molar-refractivity contribution is -0.126. The van der Waals surface area contributed by atoms with Crippen molar-refractivity contribution in [2.24, 2.45) is 0 Å². The summed E-state index contributed by atoms with van der Waals surface area (Å²) < 4.78 is 4.92. The van der Waals surface area contributed by atoms with E-state index in [-0.39, 0.29) is 30.8 Å². The van der Waals surface area contributed by atoms with Gasteiger partial charge in [0.25, 0.3) is 5.91 Å². The number of carbonyl (C=O) groups excluding carboxylic acids is 3. The van der Waals surface area contributed by atoms with Gasteiger partial charge < -0.3 is 20.4 Å². The van der Waals surface area contributed by atoms with Crippen molar-refractivity contribution in [2.45, 2.75) is 26.3 Å². The van der Waals surface area contributed by atoms with Gasteiger partial charge in [0.05, 0.1) is 25.4 Å². The number of nitrogens with one attached hydrogen (secondary N) is 3. The molecule has 138 valence electrons. The predicted molar refractivity (Wildman–Crippen MR) is 96.4 cm³/mol. The first-order valence-corrected chi connectivity index (χ1v) is 8.44. The third-order valence-electron chi connectivity index (χ3n) is 3.82. The van der Waals surface area contributed by atoms with E-state index in [0.717, 1.165) is 17.5 Å². The molecule has 0 bridgehead atoms. The molecule has 2 aromatic rings. The predicted octanol–water partition coefficient (Wildman–Crippen LogP) is 1.70. The van der Waals surface area contributed by atoms with E-state index < -0.39 is 11.8 Å². The van der Waals surface area contributed by atoms with Crippen LogP contribution in [0.3, 0.4) is 0 Å². The zero-order chi connectivity index (χ0) is 18.9. The third kappa shape index (κ3) is 5.77. The lowest BCUT2D eigenvalue weighted by atomic mass is 10.0. The zero-order valence-electron chi connectivity index (χ0n) is 14.9. The van der Waals surface area contributed by atoms with Crippen LogP contribution >= 0.6 is 0 Å². The van der Waals surface area contributed by atoms with Crippen molar-refractivity contribution in [2.75, 3.05) is 13.1 Å². The fraction of sp³-hybridized carbons (Fsp3) is 0.316. The maximum absolute atomic E-state index is 12.1. The Morgan fingerprint density at radius 3 is 2.31 bits per heavy atom. The molecule has 0 saturated carbocycles. The number of aryl methyl sites for hydroxylation is 1. The van der Waals surface area contributed by atoms with E-state index in [1.165, 1.54) is 12.3 Å². The van der Waals surface area contributed by atoms with Gasteiger partial charge in [-0.3, -0.25) is 14.4 Å². The van der Waals surface area contributed by atoms with Crippen molar-refractivity contribution < 1.29 is 18.8 Å². The number of carbonyl (C=O) groups is 3. The highest BCUT2D eigenvalue weighted by molar-refractivity contribution is 5.94. The molecule has 0 fully saturated rings. The first-order chi connectivity index (χ1) is 12.5. The van der Waals surface area contributed by atoms with Crippen molar-refractivity contribution in [3.05, 3.63) is 59.5 Å². The third-order valence-corrected chi connectivity index (χ3v) is 3.82. The molecule has 1 aromatic heterocycles. The Balaban J connectivity index is 1.73. The Morgan fingerprint density at radius 2 is 1.69 bits per heavy atom. The number of hydrogen-bond donors (Lipinski definition) is 3. The topological polar surface area (TPSA) is 100 Å². The molecular weight excluding hydrogens is 334 g/mol. The summed E-state index contributed by atoms with van der Waals surface area (Å²) in [4.78, 5) is 35.5. The highest BCUT2D eigenvalue weighted by atomic mass is 16.3. The average Bonchev–Trinajstić information content (AvgIpc) is 3.18. The second-order valence-electron chi connectivity index (χ2n) is 5.88. The molecule has 7 heteroatoms. The van der Waals surface area contributed by atoms with Crippen LogP contribution in [0.5, 0.6) is 0 Å². The van der Waals surface area contributed by atoms with E-state index in [4.69, 9.17) is 4.42 Å². The van der Waals surface area contributed by atoms with E-state index in [1.807, 2.05) is 38.1 Å². The zero-order valence-corrected chi connectivity index (χ0v) is 14.9.